The third kappa shape index (κ3) is 5.64. The lowest BCUT2D eigenvalue weighted by Gasteiger charge is -2.10. The fourth-order valence-electron chi connectivity index (χ4n) is 2.33. The maximum Gasteiger partial charge on any atom is 0.225 e. The van der Waals surface area contributed by atoms with Crippen LogP contribution in [0.3, 0.4) is 0 Å². The molecule has 0 radical (unpaired) electrons. The van der Waals surface area contributed by atoms with Crippen LogP contribution in [-0.4, -0.2) is 34.0 Å². The number of carbonyl (C=O) groups excluding carboxylic acids is 1. The van der Waals surface area contributed by atoms with Crippen molar-refractivity contribution in [3.05, 3.63) is 52.7 Å². The van der Waals surface area contributed by atoms with Gasteiger partial charge in [-0.15, -0.1) is 5.10 Å². The number of nitrogens with one attached hydrogen (secondary N) is 2. The molecule has 1 aromatic carbocycles. The molecule has 0 saturated heterocycles. The Balaban J connectivity index is 1.47. The Kier molecular flexibility index (Phi) is 6.78. The van der Waals surface area contributed by atoms with Gasteiger partial charge in [0.05, 0.1) is 12.8 Å². The fourth-order valence-corrected chi connectivity index (χ4v) is 3.24. The molecule has 0 atom stereocenters. The van der Waals surface area contributed by atoms with Gasteiger partial charge in [-0.1, -0.05) is 23.4 Å². The van der Waals surface area contributed by atoms with Gasteiger partial charge in [0.15, 0.2) is 0 Å². The minimum atomic E-state index is -0.142. The van der Waals surface area contributed by atoms with E-state index >= 15 is 0 Å². The van der Waals surface area contributed by atoms with E-state index in [1.54, 1.807) is 24.3 Å². The van der Waals surface area contributed by atoms with Crippen molar-refractivity contribution >= 4 is 47.1 Å². The number of hydrogen-bond acceptors (Lipinski definition) is 6. The molecule has 0 bridgehead atoms. The number of nitrogens with zero attached hydrogens (tertiary/aromatic N) is 2. The molecule has 3 aromatic rings. The summed E-state index contributed by atoms with van der Waals surface area (Å²) in [5.74, 6) is 3.16. The number of hydrogen-bond donors (Lipinski definition) is 2. The highest BCUT2D eigenvalue weighted by Crippen LogP contribution is 2.28. The van der Waals surface area contributed by atoms with Crippen LogP contribution >= 0.6 is 23.4 Å². The molecular formula is C19H19ClN4O3S. The van der Waals surface area contributed by atoms with Crippen LogP contribution in [0.2, 0.25) is 5.02 Å². The summed E-state index contributed by atoms with van der Waals surface area (Å²) < 4.78 is 10.7. The molecule has 0 unspecified atom stereocenters. The topological polar surface area (TPSA) is 93.0 Å². The molecule has 0 aliphatic rings. The third-order valence-corrected chi connectivity index (χ3v) is 4.73. The second-order valence-electron chi connectivity index (χ2n) is 5.78. The fraction of sp³-hybridized carbons (Fsp3) is 0.211. The SMILES string of the molecule is COc1ccc(Cl)cc1NC(=O)CCSc1n[nH]c(/C=C/c2ccc(C)o2)n1. The number of aromatic nitrogens is 3. The van der Waals surface area contributed by atoms with Crippen LogP contribution in [-0.2, 0) is 4.79 Å². The van der Waals surface area contributed by atoms with E-state index in [1.165, 1.54) is 18.9 Å². The van der Waals surface area contributed by atoms with Crippen molar-refractivity contribution in [2.45, 2.75) is 18.5 Å². The van der Waals surface area contributed by atoms with Crippen LogP contribution in [0.5, 0.6) is 5.75 Å². The average molecular weight is 419 g/mol. The summed E-state index contributed by atoms with van der Waals surface area (Å²) in [6.45, 7) is 1.89. The van der Waals surface area contributed by atoms with Gasteiger partial charge in [0.2, 0.25) is 11.1 Å². The summed E-state index contributed by atoms with van der Waals surface area (Å²) in [7, 11) is 1.54. The second kappa shape index (κ2) is 9.48. The third-order valence-electron chi connectivity index (χ3n) is 3.64. The molecule has 9 heteroatoms. The van der Waals surface area contributed by atoms with Crippen LogP contribution in [0.4, 0.5) is 5.69 Å². The lowest BCUT2D eigenvalue weighted by atomic mass is 10.3. The molecule has 3 rings (SSSR count). The number of aryl methyl sites for hydroxylation is 1. The number of carbonyl (C=O) groups is 1. The monoisotopic (exact) mass is 418 g/mol. The molecule has 146 valence electrons. The molecule has 2 N–H and O–H groups in total. The average Bonchev–Trinajstić information content (AvgIpc) is 3.29. The van der Waals surface area contributed by atoms with E-state index in [-0.39, 0.29) is 5.91 Å². The number of benzene rings is 1. The van der Waals surface area contributed by atoms with Gasteiger partial charge in [-0.3, -0.25) is 9.89 Å². The Morgan fingerprint density at radius 1 is 1.36 bits per heavy atom. The molecule has 1 amide bonds. The Bertz CT molecular complexity index is 983. The van der Waals surface area contributed by atoms with Gasteiger partial charge in [0, 0.05) is 17.2 Å². The Morgan fingerprint density at radius 2 is 2.21 bits per heavy atom. The number of furan rings is 1. The van der Waals surface area contributed by atoms with Crippen LogP contribution in [0, 0.1) is 6.92 Å². The zero-order chi connectivity index (χ0) is 19.9. The molecule has 0 spiro atoms. The van der Waals surface area contributed by atoms with Crippen molar-refractivity contribution < 1.29 is 13.9 Å². The van der Waals surface area contributed by atoms with E-state index < -0.39 is 0 Å². The first-order valence-corrected chi connectivity index (χ1v) is 9.83. The maximum absolute atomic E-state index is 12.2. The minimum Gasteiger partial charge on any atom is -0.495 e. The predicted octanol–water partition coefficient (Wildman–Crippen LogP) is 4.66. The Morgan fingerprint density at radius 3 is 2.96 bits per heavy atom. The number of halogens is 1. The highest BCUT2D eigenvalue weighted by Gasteiger charge is 2.09. The van der Waals surface area contributed by atoms with Gasteiger partial charge >= 0.3 is 0 Å². The maximum atomic E-state index is 12.2. The number of amides is 1. The molecule has 0 fully saturated rings. The lowest BCUT2D eigenvalue weighted by Crippen LogP contribution is -2.13. The van der Waals surface area contributed by atoms with Gasteiger partial charge in [-0.05, 0) is 49.4 Å². The molecule has 2 heterocycles. The summed E-state index contributed by atoms with van der Waals surface area (Å²) in [6, 6.07) is 8.84. The van der Waals surface area contributed by atoms with Gasteiger partial charge in [-0.25, -0.2) is 4.98 Å². The Hall–Kier alpha value is -2.71. The first kappa shape index (κ1) is 20.0. The van der Waals surface area contributed by atoms with E-state index in [2.05, 4.69) is 20.5 Å². The van der Waals surface area contributed by atoms with Gasteiger partial charge in [0.25, 0.3) is 0 Å². The van der Waals surface area contributed by atoms with Crippen molar-refractivity contribution in [3.63, 3.8) is 0 Å². The van der Waals surface area contributed by atoms with Crippen molar-refractivity contribution in [1.82, 2.24) is 15.2 Å². The zero-order valence-corrected chi connectivity index (χ0v) is 16.9. The minimum absolute atomic E-state index is 0.142. The van der Waals surface area contributed by atoms with E-state index in [0.717, 1.165) is 11.5 Å². The number of aromatic amines is 1. The number of thioether (sulfide) groups is 1. The molecule has 0 saturated carbocycles. The molecule has 7 nitrogen and oxygen atoms in total. The summed E-state index contributed by atoms with van der Waals surface area (Å²) >= 11 is 7.36. The normalized spacial score (nSPS) is 11.1. The molecule has 0 aliphatic carbocycles. The Labute approximate surface area is 171 Å². The van der Waals surface area contributed by atoms with Gasteiger partial charge in [0.1, 0.15) is 23.1 Å². The highest BCUT2D eigenvalue weighted by atomic mass is 35.5. The zero-order valence-electron chi connectivity index (χ0n) is 15.4. The van der Waals surface area contributed by atoms with E-state index in [0.29, 0.717) is 39.6 Å². The first-order valence-electron chi connectivity index (χ1n) is 8.46. The number of anilines is 1. The summed E-state index contributed by atoms with van der Waals surface area (Å²) in [4.78, 5) is 16.5. The van der Waals surface area contributed by atoms with Crippen LogP contribution in [0.25, 0.3) is 12.2 Å². The van der Waals surface area contributed by atoms with Crippen LogP contribution in [0.15, 0.2) is 39.9 Å². The molecule has 28 heavy (non-hydrogen) atoms. The van der Waals surface area contributed by atoms with Crippen molar-refractivity contribution in [2.75, 3.05) is 18.2 Å². The van der Waals surface area contributed by atoms with Gasteiger partial charge < -0.3 is 14.5 Å². The number of methoxy groups -OCH3 is 1. The number of rotatable bonds is 8. The van der Waals surface area contributed by atoms with Crippen molar-refractivity contribution in [2.24, 2.45) is 0 Å². The van der Waals surface area contributed by atoms with Crippen LogP contribution < -0.4 is 10.1 Å². The summed E-state index contributed by atoms with van der Waals surface area (Å²) in [5.41, 5.74) is 0.545. The van der Waals surface area contributed by atoms with Crippen molar-refractivity contribution in [1.29, 1.82) is 0 Å². The van der Waals surface area contributed by atoms with E-state index in [4.69, 9.17) is 20.8 Å². The highest BCUT2D eigenvalue weighted by molar-refractivity contribution is 7.99. The largest absolute Gasteiger partial charge is 0.495 e. The second-order valence-corrected chi connectivity index (χ2v) is 7.27. The summed E-state index contributed by atoms with van der Waals surface area (Å²) in [6.07, 6.45) is 3.90. The predicted molar refractivity (Wildman–Crippen MR) is 111 cm³/mol. The smallest absolute Gasteiger partial charge is 0.225 e. The molecule has 0 aliphatic heterocycles. The standard InChI is InChI=1S/C19H19ClN4O3S/c1-12-3-5-14(27-12)6-8-17-22-19(24-23-17)28-10-9-18(25)21-15-11-13(20)4-7-16(15)26-2/h3-8,11H,9-10H2,1-2H3,(H,21,25)(H,22,23,24)/b8-6+. The summed E-state index contributed by atoms with van der Waals surface area (Å²) in [5, 5.41) is 10.9. The van der Waals surface area contributed by atoms with E-state index in [1.807, 2.05) is 25.1 Å². The number of H-pyrrole nitrogens is 1. The van der Waals surface area contributed by atoms with E-state index in [9.17, 15) is 4.79 Å². The molecular weight excluding hydrogens is 400 g/mol. The van der Waals surface area contributed by atoms with Crippen LogP contribution in [0.1, 0.15) is 23.8 Å². The first-order chi connectivity index (χ1) is 13.5. The lowest BCUT2D eigenvalue weighted by molar-refractivity contribution is -0.115. The van der Waals surface area contributed by atoms with Crippen molar-refractivity contribution in [3.8, 4) is 5.75 Å². The van der Waals surface area contributed by atoms with Gasteiger partial charge in [-0.2, -0.15) is 0 Å². The number of ether oxygens (including phenoxy) is 1. The quantitative estimate of drug-likeness (QED) is 0.517. The molecule has 2 aromatic heterocycles.